The molecule has 1 unspecified atom stereocenters. The average molecular weight is 453 g/mol. The van der Waals surface area contributed by atoms with Crippen molar-refractivity contribution in [3.63, 3.8) is 0 Å². The van der Waals surface area contributed by atoms with Gasteiger partial charge >= 0.3 is 6.09 Å². The fourth-order valence-electron chi connectivity index (χ4n) is 4.81. The van der Waals surface area contributed by atoms with Crippen LogP contribution in [0.4, 0.5) is 10.5 Å². The normalized spacial score (nSPS) is 20.1. The lowest BCUT2D eigenvalue weighted by Gasteiger charge is -2.33. The van der Waals surface area contributed by atoms with E-state index in [0.717, 1.165) is 60.6 Å². The molecule has 0 spiro atoms. The first-order chi connectivity index (χ1) is 15.6. The number of aromatic nitrogens is 2. The Balaban J connectivity index is 1.14. The number of anilines is 1. The molecule has 2 aliphatic heterocycles. The molecule has 1 aromatic heterocycles. The van der Waals surface area contributed by atoms with Crippen molar-refractivity contribution in [1.29, 1.82) is 0 Å². The van der Waals surface area contributed by atoms with E-state index in [1.807, 2.05) is 30.3 Å². The third kappa shape index (κ3) is 4.12. The molecule has 0 aliphatic carbocycles. The van der Waals surface area contributed by atoms with E-state index in [1.54, 1.807) is 12.0 Å². The summed E-state index contributed by atoms with van der Waals surface area (Å²) in [6, 6.07) is 16.2. The van der Waals surface area contributed by atoms with Crippen molar-refractivity contribution in [3.8, 4) is 5.75 Å². The molecule has 3 aromatic rings. The number of methoxy groups -OCH3 is 1. The predicted molar refractivity (Wildman–Crippen MR) is 127 cm³/mol. The first kappa shape index (κ1) is 21.0. The Morgan fingerprint density at radius 2 is 1.88 bits per heavy atom. The van der Waals surface area contributed by atoms with E-state index in [-0.39, 0.29) is 12.2 Å². The number of nitrogens with one attached hydrogen (secondary N) is 1. The molecule has 32 heavy (non-hydrogen) atoms. The molecule has 2 saturated heterocycles. The number of carbonyl (C=O) groups is 1. The first-order valence-corrected chi connectivity index (χ1v) is 11.6. The molecule has 0 radical (unpaired) electrons. The zero-order valence-electron chi connectivity index (χ0n) is 18.2. The van der Waals surface area contributed by atoms with Gasteiger partial charge in [0.1, 0.15) is 11.9 Å². The second-order valence-electron chi connectivity index (χ2n) is 8.49. The Labute approximate surface area is 192 Å². The summed E-state index contributed by atoms with van der Waals surface area (Å²) < 4.78 is 13.9. The molecule has 0 saturated carbocycles. The molecule has 3 heterocycles. The summed E-state index contributed by atoms with van der Waals surface area (Å²) in [6.07, 6.45) is 2.63. The fraction of sp³-hybridized carbons (Fsp3) is 0.417. The number of aromatic amines is 1. The summed E-state index contributed by atoms with van der Waals surface area (Å²) in [5.41, 5.74) is 3.13. The highest BCUT2D eigenvalue weighted by molar-refractivity contribution is 7.71. The lowest BCUT2D eigenvalue weighted by molar-refractivity contribution is 0.117. The molecular formula is C24H28N4O3S. The number of likely N-dealkylation sites (tertiary alicyclic amines) is 1. The van der Waals surface area contributed by atoms with Gasteiger partial charge in [0.15, 0.2) is 4.77 Å². The maximum atomic E-state index is 12.3. The maximum absolute atomic E-state index is 12.3. The molecule has 2 aliphatic rings. The van der Waals surface area contributed by atoms with Crippen LogP contribution in [0.15, 0.2) is 48.5 Å². The second-order valence-corrected chi connectivity index (χ2v) is 8.88. The zero-order valence-corrected chi connectivity index (χ0v) is 19.0. The van der Waals surface area contributed by atoms with Crippen LogP contribution in [0.25, 0.3) is 11.0 Å². The molecule has 168 valence electrons. The number of carbonyl (C=O) groups excluding carboxylic acids is 1. The molecule has 2 fully saturated rings. The first-order valence-electron chi connectivity index (χ1n) is 11.2. The third-order valence-electron chi connectivity index (χ3n) is 6.57. The van der Waals surface area contributed by atoms with E-state index in [0.29, 0.717) is 12.6 Å². The zero-order chi connectivity index (χ0) is 22.1. The van der Waals surface area contributed by atoms with Crippen LogP contribution in [0.5, 0.6) is 5.75 Å². The predicted octanol–water partition coefficient (Wildman–Crippen LogP) is 4.76. The van der Waals surface area contributed by atoms with Crippen molar-refractivity contribution >= 4 is 35.0 Å². The largest absolute Gasteiger partial charge is 0.497 e. The molecule has 1 amide bonds. The quantitative estimate of drug-likeness (QED) is 0.547. The highest BCUT2D eigenvalue weighted by Gasteiger charge is 2.33. The summed E-state index contributed by atoms with van der Waals surface area (Å²) in [5, 5.41) is 0. The second kappa shape index (κ2) is 8.96. The average Bonchev–Trinajstić information content (AvgIpc) is 3.36. The Kier molecular flexibility index (Phi) is 5.89. The van der Waals surface area contributed by atoms with Crippen LogP contribution in [-0.2, 0) is 4.74 Å². The number of imidazole rings is 1. The summed E-state index contributed by atoms with van der Waals surface area (Å²) >= 11 is 5.60. The summed E-state index contributed by atoms with van der Waals surface area (Å²) in [5.74, 6) is 0.773. The van der Waals surface area contributed by atoms with Gasteiger partial charge in [-0.15, -0.1) is 0 Å². The van der Waals surface area contributed by atoms with E-state index in [4.69, 9.17) is 21.7 Å². The van der Waals surface area contributed by atoms with E-state index in [1.165, 1.54) is 5.52 Å². The number of nitrogens with zero attached hydrogens (tertiary/aromatic N) is 3. The number of benzene rings is 2. The minimum Gasteiger partial charge on any atom is -0.497 e. The van der Waals surface area contributed by atoms with Gasteiger partial charge < -0.3 is 23.9 Å². The van der Waals surface area contributed by atoms with Crippen LogP contribution in [0.2, 0.25) is 0 Å². The van der Waals surface area contributed by atoms with Gasteiger partial charge in [-0.05, 0) is 67.9 Å². The molecule has 1 atom stereocenters. The van der Waals surface area contributed by atoms with E-state index < -0.39 is 0 Å². The molecule has 2 aromatic carbocycles. The van der Waals surface area contributed by atoms with Crippen molar-refractivity contribution in [2.75, 3.05) is 38.2 Å². The molecule has 1 N–H and O–H groups in total. The minimum atomic E-state index is -0.271. The molecule has 8 heteroatoms. The number of H-pyrrole nitrogens is 1. The smallest absolute Gasteiger partial charge is 0.414 e. The van der Waals surface area contributed by atoms with Crippen molar-refractivity contribution in [3.05, 3.63) is 53.3 Å². The van der Waals surface area contributed by atoms with Crippen molar-refractivity contribution in [2.45, 2.75) is 31.4 Å². The molecule has 7 nitrogen and oxygen atoms in total. The van der Waals surface area contributed by atoms with Crippen LogP contribution < -0.4 is 9.64 Å². The van der Waals surface area contributed by atoms with Crippen LogP contribution in [-0.4, -0.2) is 59.9 Å². The number of rotatable bonds is 6. The van der Waals surface area contributed by atoms with E-state index in [9.17, 15) is 4.79 Å². The standard InChI is InChI=1S/C24H28N4O3S/c1-30-19-8-6-17(7-9-19)27-16-20(31-24(27)29)12-15-26-13-10-18(11-14-26)28-22-5-3-2-4-21(22)25-23(28)32/h2-9,18,20H,10-16H2,1H3,(H,25,32). The number of para-hydroxylation sites is 2. The Bertz CT molecular complexity index is 1150. The van der Waals surface area contributed by atoms with Gasteiger partial charge in [0, 0.05) is 31.4 Å². The monoisotopic (exact) mass is 452 g/mol. The summed E-state index contributed by atoms with van der Waals surface area (Å²) in [4.78, 5) is 19.9. The summed E-state index contributed by atoms with van der Waals surface area (Å²) in [6.45, 7) is 3.57. The number of amides is 1. The minimum absolute atomic E-state index is 0.0791. The Hall–Kier alpha value is -2.84. The number of ether oxygens (including phenoxy) is 2. The number of cyclic esters (lactones) is 1. The lowest BCUT2D eigenvalue weighted by atomic mass is 10.0. The van der Waals surface area contributed by atoms with Gasteiger partial charge in [0.2, 0.25) is 0 Å². The topological polar surface area (TPSA) is 62.7 Å². The summed E-state index contributed by atoms with van der Waals surface area (Å²) in [7, 11) is 1.63. The molecule has 5 rings (SSSR count). The van der Waals surface area contributed by atoms with Crippen LogP contribution in [0.1, 0.15) is 25.3 Å². The number of hydrogen-bond donors (Lipinski definition) is 1. The lowest BCUT2D eigenvalue weighted by Crippen LogP contribution is -2.36. The fourth-order valence-corrected chi connectivity index (χ4v) is 5.17. The van der Waals surface area contributed by atoms with Gasteiger partial charge in [-0.2, -0.15) is 0 Å². The van der Waals surface area contributed by atoms with Crippen molar-refractivity contribution < 1.29 is 14.3 Å². The van der Waals surface area contributed by atoms with Gasteiger partial charge in [0.05, 0.1) is 24.7 Å². The van der Waals surface area contributed by atoms with E-state index in [2.05, 4.69) is 32.7 Å². The highest BCUT2D eigenvalue weighted by atomic mass is 32.1. The van der Waals surface area contributed by atoms with E-state index >= 15 is 0 Å². The maximum Gasteiger partial charge on any atom is 0.414 e. The van der Waals surface area contributed by atoms with Crippen LogP contribution in [0, 0.1) is 4.77 Å². The number of fused-ring (bicyclic) bond motifs is 1. The highest BCUT2D eigenvalue weighted by Crippen LogP contribution is 2.29. The molecular weight excluding hydrogens is 424 g/mol. The molecule has 0 bridgehead atoms. The van der Waals surface area contributed by atoms with Crippen LogP contribution in [0.3, 0.4) is 0 Å². The third-order valence-corrected chi connectivity index (χ3v) is 6.87. The Morgan fingerprint density at radius 1 is 1.12 bits per heavy atom. The number of piperidine rings is 1. The Morgan fingerprint density at radius 3 is 2.62 bits per heavy atom. The van der Waals surface area contributed by atoms with Crippen molar-refractivity contribution in [2.24, 2.45) is 0 Å². The van der Waals surface area contributed by atoms with Gasteiger partial charge in [-0.1, -0.05) is 12.1 Å². The van der Waals surface area contributed by atoms with Gasteiger partial charge in [-0.25, -0.2) is 4.79 Å². The number of hydrogen-bond acceptors (Lipinski definition) is 5. The van der Waals surface area contributed by atoms with Gasteiger partial charge in [-0.3, -0.25) is 4.90 Å². The van der Waals surface area contributed by atoms with Crippen molar-refractivity contribution in [1.82, 2.24) is 14.5 Å². The van der Waals surface area contributed by atoms with Gasteiger partial charge in [0.25, 0.3) is 0 Å². The van der Waals surface area contributed by atoms with Crippen LogP contribution >= 0.6 is 12.2 Å². The SMILES string of the molecule is COc1ccc(N2CC(CCN3CCC(n4c(=S)[nH]c5ccccc54)CC3)OC2=O)cc1.